The molecule has 8 nitrogen and oxygen atoms in total. The molecule has 0 bridgehead atoms. The molecule has 1 aliphatic rings. The number of benzene rings is 1. The van der Waals surface area contributed by atoms with Crippen LogP contribution in [0.2, 0.25) is 0 Å². The SMILES string of the molecule is Cc1cc(NC(=O)[C@H](C)Nc2ccc3c(c2)NC(=O)[C@@H](C)O3)on1. The standard InChI is InChI=1S/C16H18N4O4/c1-8-6-14(24-20-8)19-15(21)9(2)17-11-4-5-13-12(7-11)18-16(22)10(3)23-13/h4-7,9-10,17H,1-3H3,(H,18,22)(H,19,21)/t9-,10+/m0/s1. The van der Waals surface area contributed by atoms with Gasteiger partial charge in [-0.3, -0.25) is 14.9 Å². The van der Waals surface area contributed by atoms with Crippen LogP contribution in [-0.2, 0) is 9.59 Å². The lowest BCUT2D eigenvalue weighted by molar-refractivity contribution is -0.122. The molecule has 1 aliphatic heterocycles. The molecule has 0 saturated heterocycles. The lowest BCUT2D eigenvalue weighted by Crippen LogP contribution is -2.34. The Morgan fingerprint density at radius 3 is 2.88 bits per heavy atom. The van der Waals surface area contributed by atoms with Gasteiger partial charge in [-0.1, -0.05) is 5.16 Å². The summed E-state index contributed by atoms with van der Waals surface area (Å²) in [4.78, 5) is 23.8. The van der Waals surface area contributed by atoms with Crippen LogP contribution < -0.4 is 20.7 Å². The van der Waals surface area contributed by atoms with Crippen molar-refractivity contribution in [2.24, 2.45) is 0 Å². The van der Waals surface area contributed by atoms with Crippen molar-refractivity contribution in [1.82, 2.24) is 5.16 Å². The van der Waals surface area contributed by atoms with E-state index in [1.54, 1.807) is 45.0 Å². The Balaban J connectivity index is 1.66. The highest BCUT2D eigenvalue weighted by Gasteiger charge is 2.24. The lowest BCUT2D eigenvalue weighted by Gasteiger charge is -2.24. The number of amides is 2. The monoisotopic (exact) mass is 330 g/mol. The zero-order chi connectivity index (χ0) is 17.3. The van der Waals surface area contributed by atoms with Crippen LogP contribution in [0.5, 0.6) is 5.75 Å². The summed E-state index contributed by atoms with van der Waals surface area (Å²) in [6.07, 6.45) is -0.522. The normalized spacial score (nSPS) is 17.3. The number of aryl methyl sites for hydroxylation is 1. The predicted octanol–water partition coefficient (Wildman–Crippen LogP) is 2.14. The fraction of sp³-hybridized carbons (Fsp3) is 0.312. The summed E-state index contributed by atoms with van der Waals surface area (Å²) >= 11 is 0. The van der Waals surface area contributed by atoms with Crippen molar-refractivity contribution in [2.45, 2.75) is 32.9 Å². The van der Waals surface area contributed by atoms with Crippen molar-refractivity contribution in [3.05, 3.63) is 30.0 Å². The van der Waals surface area contributed by atoms with E-state index in [1.807, 2.05) is 0 Å². The molecule has 0 saturated carbocycles. The predicted molar refractivity (Wildman–Crippen MR) is 88.1 cm³/mol. The second kappa shape index (κ2) is 6.23. The van der Waals surface area contributed by atoms with E-state index in [9.17, 15) is 9.59 Å². The van der Waals surface area contributed by atoms with Crippen LogP contribution in [0.4, 0.5) is 17.3 Å². The number of hydrogen-bond acceptors (Lipinski definition) is 6. The molecule has 2 heterocycles. The smallest absolute Gasteiger partial charge is 0.265 e. The molecule has 0 spiro atoms. The number of carbonyl (C=O) groups is 2. The number of carbonyl (C=O) groups excluding carboxylic acids is 2. The second-order valence-electron chi connectivity index (χ2n) is 5.65. The van der Waals surface area contributed by atoms with Gasteiger partial charge in [0.25, 0.3) is 5.91 Å². The van der Waals surface area contributed by atoms with E-state index in [0.29, 0.717) is 28.7 Å². The minimum Gasteiger partial charge on any atom is -0.479 e. The Bertz CT molecular complexity index is 786. The number of ether oxygens (including phenoxy) is 1. The van der Waals surface area contributed by atoms with Gasteiger partial charge in [0, 0.05) is 11.8 Å². The van der Waals surface area contributed by atoms with Crippen molar-refractivity contribution >= 4 is 29.1 Å². The van der Waals surface area contributed by atoms with E-state index in [-0.39, 0.29) is 11.8 Å². The van der Waals surface area contributed by atoms with Crippen LogP contribution in [-0.4, -0.2) is 29.1 Å². The van der Waals surface area contributed by atoms with Crippen molar-refractivity contribution in [2.75, 3.05) is 16.0 Å². The van der Waals surface area contributed by atoms with E-state index in [1.165, 1.54) is 0 Å². The van der Waals surface area contributed by atoms with Crippen molar-refractivity contribution in [1.29, 1.82) is 0 Å². The number of aromatic nitrogens is 1. The van der Waals surface area contributed by atoms with Gasteiger partial charge in [-0.05, 0) is 39.0 Å². The maximum Gasteiger partial charge on any atom is 0.265 e. The molecule has 3 N–H and O–H groups in total. The first-order chi connectivity index (χ1) is 11.4. The van der Waals surface area contributed by atoms with Crippen molar-refractivity contribution in [3.63, 3.8) is 0 Å². The maximum absolute atomic E-state index is 12.2. The Kier molecular flexibility index (Phi) is 4.11. The van der Waals surface area contributed by atoms with Gasteiger partial charge < -0.3 is 19.9 Å². The van der Waals surface area contributed by atoms with E-state index in [2.05, 4.69) is 21.1 Å². The third-order valence-electron chi connectivity index (χ3n) is 3.56. The molecule has 1 aromatic carbocycles. The minimum atomic E-state index is -0.522. The highest BCUT2D eigenvalue weighted by atomic mass is 16.5. The molecule has 2 amide bonds. The fourth-order valence-electron chi connectivity index (χ4n) is 2.27. The molecule has 0 radical (unpaired) electrons. The van der Waals surface area contributed by atoms with Crippen LogP contribution in [0.1, 0.15) is 19.5 Å². The molecule has 1 aromatic heterocycles. The number of rotatable bonds is 4. The highest BCUT2D eigenvalue weighted by molar-refractivity contribution is 5.98. The second-order valence-corrected chi connectivity index (χ2v) is 5.65. The van der Waals surface area contributed by atoms with Crippen molar-refractivity contribution < 1.29 is 18.8 Å². The third kappa shape index (κ3) is 3.32. The molecule has 0 aliphatic carbocycles. The summed E-state index contributed by atoms with van der Waals surface area (Å²) in [5, 5.41) is 12.2. The summed E-state index contributed by atoms with van der Waals surface area (Å²) < 4.78 is 10.5. The summed E-state index contributed by atoms with van der Waals surface area (Å²) in [5.41, 5.74) is 1.94. The largest absolute Gasteiger partial charge is 0.479 e. The van der Waals surface area contributed by atoms with Gasteiger partial charge >= 0.3 is 0 Å². The van der Waals surface area contributed by atoms with Crippen LogP contribution in [0.15, 0.2) is 28.8 Å². The quantitative estimate of drug-likeness (QED) is 0.793. The molecule has 0 fully saturated rings. The minimum absolute atomic E-state index is 0.203. The molecular formula is C16H18N4O4. The zero-order valence-corrected chi connectivity index (χ0v) is 13.5. The van der Waals surface area contributed by atoms with E-state index in [0.717, 1.165) is 0 Å². The molecular weight excluding hydrogens is 312 g/mol. The Morgan fingerprint density at radius 2 is 2.17 bits per heavy atom. The van der Waals surface area contributed by atoms with Crippen molar-refractivity contribution in [3.8, 4) is 5.75 Å². The van der Waals surface area contributed by atoms with Crippen LogP contribution >= 0.6 is 0 Å². The molecule has 0 unspecified atom stereocenters. The van der Waals surface area contributed by atoms with Gasteiger partial charge in [0.15, 0.2) is 6.10 Å². The van der Waals surface area contributed by atoms with Gasteiger partial charge in [-0.2, -0.15) is 0 Å². The van der Waals surface area contributed by atoms with Crippen LogP contribution in [0.3, 0.4) is 0 Å². The summed E-state index contributed by atoms with van der Waals surface area (Å²) in [6.45, 7) is 5.17. The molecule has 2 aromatic rings. The molecule has 24 heavy (non-hydrogen) atoms. The number of hydrogen-bond donors (Lipinski definition) is 3. The Hall–Kier alpha value is -3.03. The number of fused-ring (bicyclic) bond motifs is 1. The average Bonchev–Trinajstić information content (AvgIpc) is 2.93. The highest BCUT2D eigenvalue weighted by Crippen LogP contribution is 2.32. The van der Waals surface area contributed by atoms with Gasteiger partial charge in [-0.25, -0.2) is 0 Å². The number of anilines is 3. The first kappa shape index (κ1) is 15.9. The number of nitrogens with one attached hydrogen (secondary N) is 3. The molecule has 126 valence electrons. The topological polar surface area (TPSA) is 105 Å². The van der Waals surface area contributed by atoms with Crippen LogP contribution in [0, 0.1) is 6.92 Å². The van der Waals surface area contributed by atoms with E-state index in [4.69, 9.17) is 9.26 Å². The van der Waals surface area contributed by atoms with E-state index < -0.39 is 12.1 Å². The summed E-state index contributed by atoms with van der Waals surface area (Å²) in [5.74, 6) is 0.428. The van der Waals surface area contributed by atoms with Gasteiger partial charge in [-0.15, -0.1) is 0 Å². The lowest BCUT2D eigenvalue weighted by atomic mass is 10.2. The molecule has 8 heteroatoms. The third-order valence-corrected chi connectivity index (χ3v) is 3.56. The Morgan fingerprint density at radius 1 is 1.38 bits per heavy atom. The first-order valence-electron chi connectivity index (χ1n) is 7.54. The first-order valence-corrected chi connectivity index (χ1v) is 7.54. The van der Waals surface area contributed by atoms with Gasteiger partial charge in [0.1, 0.15) is 11.8 Å². The van der Waals surface area contributed by atoms with E-state index >= 15 is 0 Å². The van der Waals surface area contributed by atoms with Gasteiger partial charge in [0.05, 0.1) is 11.4 Å². The number of nitrogens with zero attached hydrogens (tertiary/aromatic N) is 1. The van der Waals surface area contributed by atoms with Crippen LogP contribution in [0.25, 0.3) is 0 Å². The molecule has 3 rings (SSSR count). The molecule has 2 atom stereocenters. The zero-order valence-electron chi connectivity index (χ0n) is 13.5. The summed E-state index contributed by atoms with van der Waals surface area (Å²) in [7, 11) is 0. The summed E-state index contributed by atoms with van der Waals surface area (Å²) in [6, 6.07) is 6.37. The Labute approximate surface area is 138 Å². The fourth-order valence-corrected chi connectivity index (χ4v) is 2.27. The average molecular weight is 330 g/mol. The maximum atomic E-state index is 12.2. The van der Waals surface area contributed by atoms with Gasteiger partial charge in [0.2, 0.25) is 11.8 Å².